The molecule has 1 N–H and O–H groups in total. The van der Waals surface area contributed by atoms with Crippen LogP contribution >= 0.6 is 0 Å². The normalized spacial score (nSPS) is 29.6. The fourth-order valence-electron chi connectivity index (χ4n) is 1.35. The highest BCUT2D eigenvalue weighted by Crippen LogP contribution is 2.23. The van der Waals surface area contributed by atoms with Crippen molar-refractivity contribution in [2.75, 3.05) is 0 Å². The third-order valence-corrected chi connectivity index (χ3v) is 3.69. The minimum atomic E-state index is -3.23. The molecule has 1 heterocycles. The maximum Gasteiger partial charge on any atom is 0.234 e. The van der Waals surface area contributed by atoms with E-state index < -0.39 is 9.84 Å². The van der Waals surface area contributed by atoms with E-state index in [1.165, 1.54) is 5.41 Å². The molecule has 13 heavy (non-hydrogen) atoms. The van der Waals surface area contributed by atoms with E-state index in [2.05, 4.69) is 10.3 Å². The van der Waals surface area contributed by atoms with Gasteiger partial charge >= 0.3 is 0 Å². The predicted octanol–water partition coefficient (Wildman–Crippen LogP) is 0.774. The van der Waals surface area contributed by atoms with Crippen molar-refractivity contribution < 1.29 is 8.42 Å². The average molecular weight is 200 g/mol. The number of aliphatic imine (C=N–C) groups is 1. The second-order valence-electron chi connectivity index (χ2n) is 3.49. The van der Waals surface area contributed by atoms with Crippen molar-refractivity contribution in [2.24, 2.45) is 4.99 Å². The van der Waals surface area contributed by atoms with Crippen molar-refractivity contribution in [1.82, 2.24) is 5.32 Å². The summed E-state index contributed by atoms with van der Waals surface area (Å²) in [6, 6.07) is 0.219. The Morgan fingerprint density at radius 2 is 2.23 bits per heavy atom. The molecule has 0 aromatic heterocycles. The molecule has 2 rings (SSSR count). The monoisotopic (exact) mass is 200 g/mol. The molecule has 1 aliphatic heterocycles. The summed E-state index contributed by atoms with van der Waals surface area (Å²) in [5.41, 5.74) is 0.651. The van der Waals surface area contributed by atoms with Gasteiger partial charge in [-0.2, -0.15) is 0 Å². The van der Waals surface area contributed by atoms with Gasteiger partial charge in [-0.1, -0.05) is 0 Å². The van der Waals surface area contributed by atoms with E-state index in [9.17, 15) is 8.42 Å². The Kier molecular flexibility index (Phi) is 1.91. The number of allylic oxidation sites excluding steroid dienone is 1. The van der Waals surface area contributed by atoms with Gasteiger partial charge in [-0.05, 0) is 26.2 Å². The van der Waals surface area contributed by atoms with Gasteiger partial charge < -0.3 is 5.32 Å². The molecule has 1 aliphatic carbocycles. The molecule has 5 heteroatoms. The van der Waals surface area contributed by atoms with Crippen LogP contribution in [0.15, 0.2) is 16.1 Å². The van der Waals surface area contributed by atoms with Gasteiger partial charge in [0.2, 0.25) is 15.0 Å². The third kappa shape index (κ3) is 1.60. The van der Waals surface area contributed by atoms with Crippen LogP contribution in [-0.4, -0.2) is 19.6 Å². The Labute approximate surface area is 77.7 Å². The molecule has 0 saturated heterocycles. The van der Waals surface area contributed by atoms with Gasteiger partial charge in [0.05, 0.1) is 11.4 Å². The SMILES string of the molecule is CC1=CS(=O)(=O)C(=NC2CCC2)N1. The molecule has 1 fully saturated rings. The predicted molar refractivity (Wildman–Crippen MR) is 50.9 cm³/mol. The summed E-state index contributed by atoms with van der Waals surface area (Å²) in [4.78, 5) is 4.15. The zero-order chi connectivity index (χ0) is 9.47. The number of hydrogen-bond donors (Lipinski definition) is 1. The summed E-state index contributed by atoms with van der Waals surface area (Å²) < 4.78 is 22.8. The second kappa shape index (κ2) is 2.83. The van der Waals surface area contributed by atoms with Crippen molar-refractivity contribution in [2.45, 2.75) is 32.2 Å². The Morgan fingerprint density at radius 1 is 1.54 bits per heavy atom. The first-order valence-corrected chi connectivity index (χ1v) is 5.91. The number of nitrogens with one attached hydrogen (secondary N) is 1. The fourth-order valence-corrected chi connectivity index (χ4v) is 2.58. The molecule has 72 valence electrons. The maximum absolute atomic E-state index is 11.4. The van der Waals surface area contributed by atoms with Gasteiger partial charge in [-0.25, -0.2) is 8.42 Å². The molecule has 0 amide bonds. The summed E-state index contributed by atoms with van der Waals surface area (Å²) in [5, 5.41) is 4.13. The fraction of sp³-hybridized carbons (Fsp3) is 0.625. The number of sulfone groups is 1. The van der Waals surface area contributed by atoms with Crippen molar-refractivity contribution in [1.29, 1.82) is 0 Å². The number of rotatable bonds is 1. The zero-order valence-electron chi connectivity index (χ0n) is 7.45. The van der Waals surface area contributed by atoms with E-state index in [1.54, 1.807) is 6.92 Å². The average Bonchev–Trinajstić information content (AvgIpc) is 2.15. The highest BCUT2D eigenvalue weighted by Gasteiger charge is 2.27. The smallest absolute Gasteiger partial charge is 0.234 e. The Morgan fingerprint density at radius 3 is 2.62 bits per heavy atom. The summed E-state index contributed by atoms with van der Waals surface area (Å²) in [7, 11) is -3.23. The van der Waals surface area contributed by atoms with Crippen LogP contribution in [0.2, 0.25) is 0 Å². The third-order valence-electron chi connectivity index (χ3n) is 2.28. The van der Waals surface area contributed by atoms with Crippen LogP contribution in [-0.2, 0) is 9.84 Å². The van der Waals surface area contributed by atoms with E-state index in [0.717, 1.165) is 19.3 Å². The lowest BCUT2D eigenvalue weighted by Gasteiger charge is -2.21. The zero-order valence-corrected chi connectivity index (χ0v) is 8.26. The quantitative estimate of drug-likeness (QED) is 0.680. The standard InChI is InChI=1S/C8H12N2O2S/c1-6-5-13(11,12)8(9-6)10-7-3-2-4-7/h5,7H,2-4H2,1H3,(H,9,10). The maximum atomic E-state index is 11.4. The van der Waals surface area contributed by atoms with Crippen molar-refractivity contribution in [3.63, 3.8) is 0 Å². The van der Waals surface area contributed by atoms with Gasteiger partial charge in [0.25, 0.3) is 0 Å². The van der Waals surface area contributed by atoms with Gasteiger partial charge in [-0.15, -0.1) is 0 Å². The first-order chi connectivity index (χ1) is 6.08. The Balaban J connectivity index is 2.23. The molecule has 0 atom stereocenters. The molecule has 0 radical (unpaired) electrons. The molecular formula is C8H12N2O2S. The Hall–Kier alpha value is -0.840. The lowest BCUT2D eigenvalue weighted by atomic mass is 9.94. The van der Waals surface area contributed by atoms with Gasteiger partial charge in [0.1, 0.15) is 0 Å². The lowest BCUT2D eigenvalue weighted by molar-refractivity contribution is 0.420. The van der Waals surface area contributed by atoms with Crippen molar-refractivity contribution >= 4 is 15.0 Å². The molecular weight excluding hydrogens is 188 g/mol. The topological polar surface area (TPSA) is 58.5 Å². The first-order valence-electron chi connectivity index (χ1n) is 4.36. The second-order valence-corrected chi connectivity index (χ2v) is 5.20. The van der Waals surface area contributed by atoms with Crippen LogP contribution in [0.25, 0.3) is 0 Å². The highest BCUT2D eigenvalue weighted by molar-refractivity contribution is 8.09. The summed E-state index contributed by atoms with van der Waals surface area (Å²) in [6.45, 7) is 1.72. The molecule has 0 aromatic carbocycles. The molecule has 0 aromatic rings. The van der Waals surface area contributed by atoms with E-state index in [0.29, 0.717) is 5.70 Å². The molecule has 0 spiro atoms. The van der Waals surface area contributed by atoms with Crippen LogP contribution in [0.3, 0.4) is 0 Å². The Bertz CT molecular complexity index is 377. The van der Waals surface area contributed by atoms with Crippen molar-refractivity contribution in [3.05, 3.63) is 11.1 Å². The van der Waals surface area contributed by atoms with E-state index in [-0.39, 0.29) is 11.2 Å². The van der Waals surface area contributed by atoms with Crippen LogP contribution in [0, 0.1) is 0 Å². The lowest BCUT2D eigenvalue weighted by Crippen LogP contribution is -2.26. The van der Waals surface area contributed by atoms with Crippen molar-refractivity contribution in [3.8, 4) is 0 Å². The van der Waals surface area contributed by atoms with Crippen LogP contribution < -0.4 is 5.32 Å². The summed E-state index contributed by atoms with van der Waals surface area (Å²) >= 11 is 0. The number of hydrogen-bond acceptors (Lipinski definition) is 3. The molecule has 0 bridgehead atoms. The van der Waals surface area contributed by atoms with Gasteiger partial charge in [0.15, 0.2) is 0 Å². The minimum absolute atomic E-state index is 0.134. The van der Waals surface area contributed by atoms with Crippen LogP contribution in [0.1, 0.15) is 26.2 Å². The highest BCUT2D eigenvalue weighted by atomic mass is 32.2. The number of amidine groups is 1. The summed E-state index contributed by atoms with van der Waals surface area (Å²) in [5.74, 6) is 0. The van der Waals surface area contributed by atoms with E-state index in [1.807, 2.05) is 0 Å². The molecule has 2 aliphatic rings. The first kappa shape index (κ1) is 8.74. The molecule has 4 nitrogen and oxygen atoms in total. The van der Waals surface area contributed by atoms with Gasteiger partial charge in [-0.3, -0.25) is 4.99 Å². The van der Waals surface area contributed by atoms with Crippen LogP contribution in [0.5, 0.6) is 0 Å². The minimum Gasteiger partial charge on any atom is -0.334 e. The van der Waals surface area contributed by atoms with E-state index in [4.69, 9.17) is 0 Å². The van der Waals surface area contributed by atoms with Crippen LogP contribution in [0.4, 0.5) is 0 Å². The summed E-state index contributed by atoms with van der Waals surface area (Å²) in [6.07, 6.45) is 3.19. The molecule has 0 unspecified atom stereocenters. The number of nitrogens with zero attached hydrogens (tertiary/aromatic N) is 1. The van der Waals surface area contributed by atoms with E-state index >= 15 is 0 Å². The molecule has 1 saturated carbocycles. The largest absolute Gasteiger partial charge is 0.334 e. The van der Waals surface area contributed by atoms with Gasteiger partial charge in [0, 0.05) is 5.70 Å².